The van der Waals surface area contributed by atoms with Gasteiger partial charge in [-0.15, -0.1) is 11.8 Å². The third kappa shape index (κ3) is 4.01. The molecule has 0 atom stereocenters. The van der Waals surface area contributed by atoms with Crippen LogP contribution in [0.15, 0.2) is 29.2 Å². The third-order valence-corrected chi connectivity index (χ3v) is 4.83. The van der Waals surface area contributed by atoms with Crippen molar-refractivity contribution in [1.29, 1.82) is 0 Å². The second kappa shape index (κ2) is 6.60. The van der Waals surface area contributed by atoms with Gasteiger partial charge in [-0.1, -0.05) is 31.9 Å². The molecule has 0 unspecified atom stereocenters. The average Bonchev–Trinajstić information content (AvgIpc) is 2.83. The molecule has 0 aromatic heterocycles. The molecule has 0 aliphatic heterocycles. The lowest BCUT2D eigenvalue weighted by atomic mass is 10.1. The molecule has 1 aromatic carbocycles. The van der Waals surface area contributed by atoms with E-state index in [9.17, 15) is 5.11 Å². The van der Waals surface area contributed by atoms with Crippen LogP contribution in [0.5, 0.6) is 0 Å². The molecule has 0 spiro atoms. The van der Waals surface area contributed by atoms with E-state index in [2.05, 4.69) is 36.5 Å². The van der Waals surface area contributed by atoms with E-state index >= 15 is 0 Å². The predicted octanol–water partition coefficient (Wildman–Crippen LogP) is 3.19. The molecular formula is C15H23NOS. The monoisotopic (exact) mass is 265 g/mol. The van der Waals surface area contributed by atoms with E-state index in [1.807, 2.05) is 0 Å². The lowest BCUT2D eigenvalue weighted by molar-refractivity contribution is 0.0732. The Labute approximate surface area is 114 Å². The molecule has 0 saturated heterocycles. The van der Waals surface area contributed by atoms with E-state index in [-0.39, 0.29) is 0 Å². The van der Waals surface area contributed by atoms with Crippen molar-refractivity contribution in [2.75, 3.05) is 12.3 Å². The summed E-state index contributed by atoms with van der Waals surface area (Å²) in [6.45, 7) is 4.06. The van der Waals surface area contributed by atoms with Crippen LogP contribution in [-0.2, 0) is 6.54 Å². The number of nitrogens with one attached hydrogen (secondary N) is 1. The highest BCUT2D eigenvalue weighted by Crippen LogP contribution is 2.34. The van der Waals surface area contributed by atoms with E-state index in [0.717, 1.165) is 31.7 Å². The van der Waals surface area contributed by atoms with Crippen molar-refractivity contribution < 1.29 is 5.11 Å². The molecule has 0 heterocycles. The Hall–Kier alpha value is -0.510. The van der Waals surface area contributed by atoms with Gasteiger partial charge in [0.05, 0.1) is 5.60 Å². The van der Waals surface area contributed by atoms with E-state index < -0.39 is 5.60 Å². The molecule has 2 nitrogen and oxygen atoms in total. The van der Waals surface area contributed by atoms with Gasteiger partial charge in [-0.2, -0.15) is 0 Å². The molecule has 3 heteroatoms. The van der Waals surface area contributed by atoms with Crippen LogP contribution in [0.1, 0.15) is 38.2 Å². The highest BCUT2D eigenvalue weighted by Gasteiger charge is 2.30. The minimum absolute atomic E-state index is 0.410. The molecule has 1 saturated carbocycles. The highest BCUT2D eigenvalue weighted by molar-refractivity contribution is 7.99. The van der Waals surface area contributed by atoms with Crippen molar-refractivity contribution in [3.8, 4) is 0 Å². The smallest absolute Gasteiger partial charge is 0.0741 e. The van der Waals surface area contributed by atoms with Crippen LogP contribution in [0.4, 0.5) is 0 Å². The van der Waals surface area contributed by atoms with E-state index in [0.29, 0.717) is 0 Å². The summed E-state index contributed by atoms with van der Waals surface area (Å²) in [5.74, 6) is 0.833. The summed E-state index contributed by atoms with van der Waals surface area (Å²) >= 11 is 1.78. The normalized spacial score (nSPS) is 18.1. The largest absolute Gasteiger partial charge is 0.389 e. The minimum Gasteiger partial charge on any atom is -0.389 e. The van der Waals surface area contributed by atoms with E-state index in [4.69, 9.17) is 0 Å². The minimum atomic E-state index is -0.410. The molecule has 0 bridgehead atoms. The van der Waals surface area contributed by atoms with Gasteiger partial charge in [-0.3, -0.25) is 0 Å². The van der Waals surface area contributed by atoms with E-state index in [1.165, 1.54) is 23.3 Å². The maximum absolute atomic E-state index is 10.3. The molecule has 1 fully saturated rings. The zero-order valence-corrected chi connectivity index (χ0v) is 11.9. The lowest BCUT2D eigenvalue weighted by Crippen LogP contribution is -2.26. The first kappa shape index (κ1) is 13.9. The summed E-state index contributed by atoms with van der Waals surface area (Å²) < 4.78 is 0. The van der Waals surface area contributed by atoms with Crippen molar-refractivity contribution in [3.05, 3.63) is 29.8 Å². The molecule has 100 valence electrons. The number of thioether (sulfide) groups is 1. The number of aliphatic hydroxyl groups is 1. The number of rotatable bonds is 6. The van der Waals surface area contributed by atoms with Crippen LogP contribution >= 0.6 is 11.8 Å². The summed E-state index contributed by atoms with van der Waals surface area (Å²) in [6, 6.07) is 8.67. The highest BCUT2D eigenvalue weighted by atomic mass is 32.2. The van der Waals surface area contributed by atoms with E-state index in [1.54, 1.807) is 11.8 Å². The Bertz CT molecular complexity index is 357. The third-order valence-electron chi connectivity index (χ3n) is 3.54. The van der Waals surface area contributed by atoms with Gasteiger partial charge in [0.15, 0.2) is 0 Å². The quantitative estimate of drug-likeness (QED) is 0.775. The molecule has 2 rings (SSSR count). The molecule has 2 N–H and O–H groups in total. The number of benzene rings is 1. The first-order chi connectivity index (χ1) is 8.72. The fraction of sp³-hybridized carbons (Fsp3) is 0.600. The van der Waals surface area contributed by atoms with Crippen LogP contribution < -0.4 is 5.32 Å². The van der Waals surface area contributed by atoms with Gasteiger partial charge in [0.2, 0.25) is 0 Å². The van der Waals surface area contributed by atoms with Gasteiger partial charge in [0.1, 0.15) is 0 Å². The van der Waals surface area contributed by atoms with Crippen molar-refractivity contribution >= 4 is 11.8 Å². The van der Waals surface area contributed by atoms with Crippen molar-refractivity contribution in [1.82, 2.24) is 5.32 Å². The van der Waals surface area contributed by atoms with Gasteiger partial charge < -0.3 is 10.4 Å². The SMILES string of the molecule is CCNCc1ccc(SCC2(O)CCCC2)cc1. The summed E-state index contributed by atoms with van der Waals surface area (Å²) in [5.41, 5.74) is 0.911. The number of hydrogen-bond acceptors (Lipinski definition) is 3. The molecule has 18 heavy (non-hydrogen) atoms. The van der Waals surface area contributed by atoms with Crippen molar-refractivity contribution in [3.63, 3.8) is 0 Å². The first-order valence-corrected chi connectivity index (χ1v) is 7.85. The summed E-state index contributed by atoms with van der Waals surface area (Å²) in [6.07, 6.45) is 4.30. The second-order valence-corrected chi connectivity index (χ2v) is 6.19. The fourth-order valence-corrected chi connectivity index (χ4v) is 3.42. The summed E-state index contributed by atoms with van der Waals surface area (Å²) in [4.78, 5) is 1.26. The van der Waals surface area contributed by atoms with Gasteiger partial charge in [0, 0.05) is 17.2 Å². The standard InChI is InChI=1S/C15H23NOS/c1-2-16-11-13-5-7-14(8-6-13)18-12-15(17)9-3-4-10-15/h5-8,16-17H,2-4,9-12H2,1H3. The van der Waals surface area contributed by atoms with Gasteiger partial charge in [0.25, 0.3) is 0 Å². The van der Waals surface area contributed by atoms with Crippen LogP contribution in [0.3, 0.4) is 0 Å². The Morgan fingerprint density at radius 2 is 1.89 bits per heavy atom. The van der Waals surface area contributed by atoms with Crippen molar-refractivity contribution in [2.45, 2.75) is 49.6 Å². The van der Waals surface area contributed by atoms with Gasteiger partial charge in [-0.25, -0.2) is 0 Å². The first-order valence-electron chi connectivity index (χ1n) is 6.87. The zero-order chi connectivity index (χ0) is 12.8. The Kier molecular flexibility index (Phi) is 5.10. The van der Waals surface area contributed by atoms with Gasteiger partial charge in [-0.05, 0) is 37.1 Å². The Morgan fingerprint density at radius 3 is 2.50 bits per heavy atom. The maximum Gasteiger partial charge on any atom is 0.0741 e. The molecule has 1 aliphatic rings. The lowest BCUT2D eigenvalue weighted by Gasteiger charge is -2.21. The molecule has 0 radical (unpaired) electrons. The van der Waals surface area contributed by atoms with Crippen LogP contribution in [0, 0.1) is 0 Å². The number of hydrogen-bond donors (Lipinski definition) is 2. The molecule has 0 amide bonds. The topological polar surface area (TPSA) is 32.3 Å². The maximum atomic E-state index is 10.3. The Morgan fingerprint density at radius 1 is 1.22 bits per heavy atom. The summed E-state index contributed by atoms with van der Waals surface area (Å²) in [7, 11) is 0. The predicted molar refractivity (Wildman–Crippen MR) is 78.0 cm³/mol. The average molecular weight is 265 g/mol. The van der Waals surface area contributed by atoms with Crippen molar-refractivity contribution in [2.24, 2.45) is 0 Å². The van der Waals surface area contributed by atoms with Crippen LogP contribution in [-0.4, -0.2) is 23.0 Å². The molecular weight excluding hydrogens is 242 g/mol. The molecule has 1 aromatic rings. The fourth-order valence-electron chi connectivity index (χ4n) is 2.37. The van der Waals surface area contributed by atoms with Crippen LogP contribution in [0.25, 0.3) is 0 Å². The van der Waals surface area contributed by atoms with Crippen LogP contribution in [0.2, 0.25) is 0 Å². The Balaban J connectivity index is 1.82. The summed E-state index contributed by atoms with van der Waals surface area (Å²) in [5, 5.41) is 13.6. The molecule has 1 aliphatic carbocycles. The van der Waals surface area contributed by atoms with Gasteiger partial charge >= 0.3 is 0 Å². The second-order valence-electron chi connectivity index (χ2n) is 5.14. The zero-order valence-electron chi connectivity index (χ0n) is 11.1.